The summed E-state index contributed by atoms with van der Waals surface area (Å²) >= 11 is 0. The third-order valence-corrected chi connectivity index (χ3v) is 4.94. The first-order valence-electron chi connectivity index (χ1n) is 9.37. The molecule has 2 heterocycles. The molecule has 1 aromatic rings. The van der Waals surface area contributed by atoms with E-state index < -0.39 is 12.0 Å². The van der Waals surface area contributed by atoms with Gasteiger partial charge in [0.1, 0.15) is 13.2 Å². The first-order valence-corrected chi connectivity index (χ1v) is 9.37. The second-order valence-corrected chi connectivity index (χ2v) is 6.64. The van der Waals surface area contributed by atoms with Gasteiger partial charge in [-0.3, -0.25) is 9.69 Å². The Labute approximate surface area is 159 Å². The van der Waals surface area contributed by atoms with Crippen LogP contribution < -0.4 is 5.32 Å². The molecule has 0 aromatic heterocycles. The van der Waals surface area contributed by atoms with Crippen LogP contribution in [0.15, 0.2) is 41.6 Å². The summed E-state index contributed by atoms with van der Waals surface area (Å²) in [5.41, 5.74) is 1.70. The molecule has 144 valence electrons. The fraction of sp³-hybridized carbons (Fsp3) is 0.450. The van der Waals surface area contributed by atoms with Crippen LogP contribution in [-0.2, 0) is 14.3 Å². The van der Waals surface area contributed by atoms with E-state index in [2.05, 4.69) is 12.2 Å². The molecular weight excluding hydrogens is 346 g/mol. The van der Waals surface area contributed by atoms with Crippen molar-refractivity contribution in [2.24, 2.45) is 0 Å². The molecule has 1 aromatic carbocycles. The number of nitrogens with zero attached hydrogens (tertiary/aromatic N) is 2. The molecule has 0 aliphatic carbocycles. The average Bonchev–Trinajstić information content (AvgIpc) is 3.06. The van der Waals surface area contributed by atoms with Gasteiger partial charge in [0, 0.05) is 13.1 Å². The molecule has 1 atom stereocenters. The molecule has 0 fully saturated rings. The SMILES string of the molecule is CCCCN(CC)C(=O)CN1C(=O)N[C@@H](c2ccccc2)C2=C1COC2=O. The van der Waals surface area contributed by atoms with Crippen molar-refractivity contribution >= 4 is 17.9 Å². The zero-order valence-corrected chi connectivity index (χ0v) is 15.7. The Morgan fingerprint density at radius 3 is 2.67 bits per heavy atom. The van der Waals surface area contributed by atoms with Crippen LogP contribution in [0.4, 0.5) is 4.79 Å². The molecule has 0 radical (unpaired) electrons. The van der Waals surface area contributed by atoms with Crippen molar-refractivity contribution in [1.29, 1.82) is 0 Å². The lowest BCUT2D eigenvalue weighted by atomic mass is 9.96. The minimum atomic E-state index is -0.558. The number of esters is 1. The zero-order valence-electron chi connectivity index (χ0n) is 15.7. The van der Waals surface area contributed by atoms with Crippen LogP contribution in [0.1, 0.15) is 38.3 Å². The highest BCUT2D eigenvalue weighted by molar-refractivity contribution is 5.98. The number of hydrogen-bond donors (Lipinski definition) is 1. The molecular formula is C20H25N3O4. The Morgan fingerprint density at radius 2 is 2.00 bits per heavy atom. The topological polar surface area (TPSA) is 79.0 Å². The van der Waals surface area contributed by atoms with E-state index in [-0.39, 0.29) is 25.1 Å². The van der Waals surface area contributed by atoms with Crippen LogP contribution in [0.25, 0.3) is 0 Å². The number of unbranched alkanes of at least 4 members (excludes halogenated alkanes) is 1. The number of carbonyl (C=O) groups excluding carboxylic acids is 3. The number of urea groups is 1. The molecule has 3 rings (SSSR count). The number of carbonyl (C=O) groups is 3. The van der Waals surface area contributed by atoms with Crippen molar-refractivity contribution in [2.45, 2.75) is 32.7 Å². The van der Waals surface area contributed by atoms with Crippen molar-refractivity contribution < 1.29 is 19.1 Å². The van der Waals surface area contributed by atoms with Gasteiger partial charge in [-0.25, -0.2) is 9.59 Å². The average molecular weight is 371 g/mol. The van der Waals surface area contributed by atoms with E-state index in [0.717, 1.165) is 18.4 Å². The second-order valence-electron chi connectivity index (χ2n) is 6.64. The number of cyclic esters (lactones) is 1. The number of rotatable bonds is 7. The largest absolute Gasteiger partial charge is 0.456 e. The smallest absolute Gasteiger partial charge is 0.338 e. The molecule has 27 heavy (non-hydrogen) atoms. The third kappa shape index (κ3) is 3.82. The van der Waals surface area contributed by atoms with Crippen LogP contribution in [0.5, 0.6) is 0 Å². The highest BCUT2D eigenvalue weighted by Crippen LogP contribution is 2.34. The fourth-order valence-corrected chi connectivity index (χ4v) is 3.42. The minimum Gasteiger partial charge on any atom is -0.456 e. The molecule has 0 saturated heterocycles. The number of hydrogen-bond acceptors (Lipinski definition) is 4. The van der Waals surface area contributed by atoms with Crippen molar-refractivity contribution in [3.63, 3.8) is 0 Å². The first kappa shape index (κ1) is 18.9. The molecule has 3 amide bonds. The van der Waals surface area contributed by atoms with Gasteiger partial charge in [-0.2, -0.15) is 0 Å². The van der Waals surface area contributed by atoms with Crippen LogP contribution in [0.2, 0.25) is 0 Å². The fourth-order valence-electron chi connectivity index (χ4n) is 3.42. The Hall–Kier alpha value is -2.83. The maximum atomic E-state index is 12.7. The van der Waals surface area contributed by atoms with Gasteiger partial charge in [0.05, 0.1) is 17.3 Å². The highest BCUT2D eigenvalue weighted by atomic mass is 16.5. The molecule has 0 saturated carbocycles. The first-order chi connectivity index (χ1) is 13.1. The molecule has 7 heteroatoms. The summed E-state index contributed by atoms with van der Waals surface area (Å²) in [6, 6.07) is 8.34. The van der Waals surface area contributed by atoms with Gasteiger partial charge in [0.2, 0.25) is 5.91 Å². The summed E-state index contributed by atoms with van der Waals surface area (Å²) in [5.74, 6) is -0.583. The molecule has 2 aliphatic heterocycles. The van der Waals surface area contributed by atoms with E-state index in [1.54, 1.807) is 4.90 Å². The van der Waals surface area contributed by atoms with E-state index in [1.165, 1.54) is 4.90 Å². The van der Waals surface area contributed by atoms with Gasteiger partial charge in [0.25, 0.3) is 0 Å². The summed E-state index contributed by atoms with van der Waals surface area (Å²) < 4.78 is 5.19. The summed E-state index contributed by atoms with van der Waals surface area (Å²) in [6.45, 7) is 5.15. The van der Waals surface area contributed by atoms with Crippen LogP contribution in [0, 0.1) is 0 Å². The Balaban J connectivity index is 1.86. The standard InChI is InChI=1S/C20H25N3O4/c1-3-5-11-22(4-2)16(24)12-23-15-13-27-19(25)17(15)18(21-20(23)26)14-9-7-6-8-10-14/h6-10,18H,3-5,11-13H2,1-2H3,(H,21,26)/t18-/m0/s1. The predicted octanol–water partition coefficient (Wildman–Crippen LogP) is 2.21. The maximum absolute atomic E-state index is 12.7. The van der Waals surface area contributed by atoms with Crippen molar-refractivity contribution in [3.8, 4) is 0 Å². The van der Waals surface area contributed by atoms with Gasteiger partial charge >= 0.3 is 12.0 Å². The predicted molar refractivity (Wildman–Crippen MR) is 99.6 cm³/mol. The minimum absolute atomic E-state index is 0.0132. The van der Waals surface area contributed by atoms with E-state index in [9.17, 15) is 14.4 Å². The number of ether oxygens (including phenoxy) is 1. The lowest BCUT2D eigenvalue weighted by molar-refractivity contribution is -0.136. The monoisotopic (exact) mass is 371 g/mol. The Bertz CT molecular complexity index is 760. The van der Waals surface area contributed by atoms with Gasteiger partial charge in [-0.1, -0.05) is 43.7 Å². The van der Waals surface area contributed by atoms with Crippen molar-refractivity contribution in [2.75, 3.05) is 26.2 Å². The van der Waals surface area contributed by atoms with Gasteiger partial charge in [-0.15, -0.1) is 0 Å². The lowest BCUT2D eigenvalue weighted by Gasteiger charge is -2.33. The summed E-state index contributed by atoms with van der Waals surface area (Å²) in [5, 5.41) is 2.85. The van der Waals surface area contributed by atoms with E-state index >= 15 is 0 Å². The molecule has 0 bridgehead atoms. The van der Waals surface area contributed by atoms with E-state index in [0.29, 0.717) is 24.4 Å². The second kappa shape index (κ2) is 8.24. The van der Waals surface area contributed by atoms with Gasteiger partial charge < -0.3 is 15.0 Å². The molecule has 7 nitrogen and oxygen atoms in total. The highest BCUT2D eigenvalue weighted by Gasteiger charge is 2.42. The Morgan fingerprint density at radius 1 is 1.26 bits per heavy atom. The van der Waals surface area contributed by atoms with E-state index in [1.807, 2.05) is 37.3 Å². The number of likely N-dealkylation sites (N-methyl/N-ethyl adjacent to an activating group) is 1. The maximum Gasteiger partial charge on any atom is 0.338 e. The number of benzene rings is 1. The quantitative estimate of drug-likeness (QED) is 0.746. The molecule has 1 N–H and O–H groups in total. The van der Waals surface area contributed by atoms with Crippen molar-refractivity contribution in [3.05, 3.63) is 47.2 Å². The molecule has 0 unspecified atom stereocenters. The van der Waals surface area contributed by atoms with Crippen molar-refractivity contribution in [1.82, 2.24) is 15.1 Å². The van der Waals surface area contributed by atoms with E-state index in [4.69, 9.17) is 4.74 Å². The summed E-state index contributed by atoms with van der Waals surface area (Å²) in [4.78, 5) is 40.8. The Kier molecular flexibility index (Phi) is 5.78. The lowest BCUT2D eigenvalue weighted by Crippen LogP contribution is -2.51. The van der Waals surface area contributed by atoms with Crippen LogP contribution in [0.3, 0.4) is 0 Å². The number of amides is 3. The molecule has 2 aliphatic rings. The van der Waals surface area contributed by atoms with Gasteiger partial charge in [0.15, 0.2) is 0 Å². The van der Waals surface area contributed by atoms with Crippen LogP contribution >= 0.6 is 0 Å². The van der Waals surface area contributed by atoms with Gasteiger partial charge in [-0.05, 0) is 18.9 Å². The summed E-state index contributed by atoms with van der Waals surface area (Å²) in [6.07, 6.45) is 1.90. The zero-order chi connectivity index (χ0) is 19.4. The summed E-state index contributed by atoms with van der Waals surface area (Å²) in [7, 11) is 0. The third-order valence-electron chi connectivity index (χ3n) is 4.94. The van der Waals surface area contributed by atoms with Crippen LogP contribution in [-0.4, -0.2) is 53.9 Å². The number of nitrogens with one attached hydrogen (secondary N) is 1. The normalized spacial score (nSPS) is 18.9. The molecule has 0 spiro atoms.